The number of carbonyl (C=O) groups is 1. The van der Waals surface area contributed by atoms with Crippen molar-refractivity contribution in [3.8, 4) is 23.1 Å². The van der Waals surface area contributed by atoms with E-state index in [2.05, 4.69) is 62.1 Å². The van der Waals surface area contributed by atoms with Gasteiger partial charge in [-0.05, 0) is 68.7 Å². The molecule has 0 bridgehead atoms. The number of anilines is 3. The molecule has 0 radical (unpaired) electrons. The molecule has 1 N–H and O–H groups in total. The fraction of sp³-hybridized carbons (Fsp3) is 0.469. The largest absolute Gasteiger partial charge is 0.493 e. The van der Waals surface area contributed by atoms with Gasteiger partial charge in [0.1, 0.15) is 11.7 Å². The summed E-state index contributed by atoms with van der Waals surface area (Å²) in [4.78, 5) is 28.3. The second-order valence-electron chi connectivity index (χ2n) is 13.7. The zero-order chi connectivity index (χ0) is 31.8. The Kier molecular flexibility index (Phi) is 8.59. The van der Waals surface area contributed by atoms with Gasteiger partial charge in [-0.1, -0.05) is 27.7 Å². The second-order valence-corrected chi connectivity index (χ2v) is 18.5. The highest BCUT2D eigenvalue weighted by Crippen LogP contribution is 2.47. The minimum absolute atomic E-state index is 0.0111. The lowest BCUT2D eigenvalue weighted by atomic mass is 9.83. The molecule has 0 saturated heterocycles. The number of aromatic nitrogens is 3. The number of fused-ring (bicyclic) bond motifs is 1. The lowest BCUT2D eigenvalue weighted by Crippen LogP contribution is -2.46. The first-order chi connectivity index (χ1) is 20.0. The molecular formula is C32H42N6O4Si. The third-order valence-electron chi connectivity index (χ3n) is 8.03. The summed E-state index contributed by atoms with van der Waals surface area (Å²) in [6.45, 7) is 19.3. The van der Waals surface area contributed by atoms with E-state index in [-0.39, 0.29) is 5.04 Å². The average Bonchev–Trinajstić information content (AvgIpc) is 3.23. The molecule has 10 nitrogen and oxygen atoms in total. The standard InChI is InChI=1S/C32H42N6O4Si/c1-30(2,3)42-29(39)38-19-32(7,20-41-43(9,10)31(4,5)6)23-16-21(15-22(17-33)27(23)38)24-12-14-35-28(36-24)37-25-11-13-34-18-26(25)40-8/h11-16,18H,19-20H2,1-10H3,(H,34,35,36,37)/t32-/m1/s1. The summed E-state index contributed by atoms with van der Waals surface area (Å²) in [6.07, 6.45) is 4.42. The summed E-state index contributed by atoms with van der Waals surface area (Å²) in [5.74, 6) is 0.918. The Morgan fingerprint density at radius 1 is 1.16 bits per heavy atom. The minimum atomic E-state index is -2.12. The van der Waals surface area contributed by atoms with Crippen molar-refractivity contribution in [2.45, 2.75) is 77.6 Å². The van der Waals surface area contributed by atoms with Crippen molar-refractivity contribution in [2.75, 3.05) is 30.5 Å². The summed E-state index contributed by atoms with van der Waals surface area (Å²) >= 11 is 0. The fourth-order valence-corrected chi connectivity index (χ4v) is 5.74. The van der Waals surface area contributed by atoms with Crippen molar-refractivity contribution in [3.63, 3.8) is 0 Å². The summed E-state index contributed by atoms with van der Waals surface area (Å²) in [5, 5.41) is 13.5. The highest BCUT2D eigenvalue weighted by atomic mass is 28.4. The van der Waals surface area contributed by atoms with Crippen LogP contribution in [0.1, 0.15) is 59.6 Å². The number of hydrogen-bond acceptors (Lipinski definition) is 9. The van der Waals surface area contributed by atoms with Gasteiger partial charge < -0.3 is 19.2 Å². The van der Waals surface area contributed by atoms with Crippen LogP contribution in [0.25, 0.3) is 11.3 Å². The molecule has 1 atom stereocenters. The fourth-order valence-electron chi connectivity index (χ4n) is 4.63. The molecule has 1 aromatic carbocycles. The highest BCUT2D eigenvalue weighted by molar-refractivity contribution is 6.74. The van der Waals surface area contributed by atoms with Crippen LogP contribution in [0.2, 0.25) is 18.1 Å². The number of hydrogen-bond donors (Lipinski definition) is 1. The predicted molar refractivity (Wildman–Crippen MR) is 170 cm³/mol. The topological polar surface area (TPSA) is 122 Å². The molecule has 2 aromatic heterocycles. The number of ether oxygens (including phenoxy) is 2. The summed E-state index contributed by atoms with van der Waals surface area (Å²) in [5.41, 5.74) is 2.48. The Morgan fingerprint density at radius 2 is 1.88 bits per heavy atom. The number of rotatable bonds is 7. The van der Waals surface area contributed by atoms with Crippen molar-refractivity contribution >= 4 is 31.7 Å². The maximum atomic E-state index is 13.5. The number of nitrogens with zero attached hydrogens (tertiary/aromatic N) is 5. The van der Waals surface area contributed by atoms with E-state index in [1.807, 2.05) is 26.8 Å². The minimum Gasteiger partial charge on any atom is -0.493 e. The zero-order valence-electron chi connectivity index (χ0n) is 26.8. The number of nitriles is 1. The molecule has 228 valence electrons. The van der Waals surface area contributed by atoms with Gasteiger partial charge in [0.15, 0.2) is 14.1 Å². The number of carbonyl (C=O) groups excluding carboxylic acids is 1. The zero-order valence-corrected chi connectivity index (χ0v) is 27.8. The summed E-state index contributed by atoms with van der Waals surface area (Å²) in [7, 11) is -0.554. The van der Waals surface area contributed by atoms with Crippen molar-refractivity contribution < 1.29 is 18.7 Å². The molecule has 43 heavy (non-hydrogen) atoms. The monoisotopic (exact) mass is 602 g/mol. The lowest BCUT2D eigenvalue weighted by molar-refractivity contribution is 0.0575. The summed E-state index contributed by atoms with van der Waals surface area (Å²) in [6, 6.07) is 9.66. The molecule has 3 heterocycles. The van der Waals surface area contributed by atoms with Gasteiger partial charge in [0.2, 0.25) is 5.95 Å². The van der Waals surface area contributed by atoms with Crippen molar-refractivity contribution in [1.29, 1.82) is 5.26 Å². The molecule has 1 aliphatic rings. The number of amides is 1. The molecular weight excluding hydrogens is 560 g/mol. The Labute approximate surface area is 255 Å². The SMILES string of the molecule is COc1cnccc1Nc1nccc(-c2cc(C#N)c3c(c2)[C@@](C)(CO[Si](C)(C)C(C)(C)C)CN3C(=O)OC(C)(C)C)n1. The highest BCUT2D eigenvalue weighted by Gasteiger charge is 2.47. The Balaban J connectivity index is 1.80. The Bertz CT molecular complexity index is 1560. The maximum absolute atomic E-state index is 13.5. The van der Waals surface area contributed by atoms with Gasteiger partial charge in [-0.3, -0.25) is 9.88 Å². The molecule has 0 spiro atoms. The van der Waals surface area contributed by atoms with Crippen LogP contribution in [0, 0.1) is 11.3 Å². The first kappa shape index (κ1) is 31.9. The van der Waals surface area contributed by atoms with Gasteiger partial charge >= 0.3 is 6.09 Å². The predicted octanol–water partition coefficient (Wildman–Crippen LogP) is 7.20. The van der Waals surface area contributed by atoms with Crippen LogP contribution in [0.4, 0.5) is 22.1 Å². The smallest absolute Gasteiger partial charge is 0.414 e. The van der Waals surface area contributed by atoms with Crippen molar-refractivity contribution in [1.82, 2.24) is 15.0 Å². The normalized spacial score (nSPS) is 16.8. The first-order valence-corrected chi connectivity index (χ1v) is 17.2. The van der Waals surface area contributed by atoms with Crippen LogP contribution in [-0.4, -0.2) is 55.2 Å². The van der Waals surface area contributed by atoms with Crippen LogP contribution < -0.4 is 15.0 Å². The third kappa shape index (κ3) is 6.81. The van der Waals surface area contributed by atoms with Gasteiger partial charge in [-0.15, -0.1) is 0 Å². The van der Waals surface area contributed by atoms with E-state index in [1.165, 1.54) is 0 Å². The lowest BCUT2D eigenvalue weighted by Gasteiger charge is -2.39. The molecule has 11 heteroatoms. The third-order valence-corrected chi connectivity index (χ3v) is 12.5. The number of nitrogens with one attached hydrogen (secondary N) is 1. The van der Waals surface area contributed by atoms with Gasteiger partial charge in [0, 0.05) is 36.5 Å². The van der Waals surface area contributed by atoms with E-state index in [0.29, 0.717) is 47.5 Å². The Morgan fingerprint density at radius 3 is 2.51 bits per heavy atom. The van der Waals surface area contributed by atoms with Gasteiger partial charge in [0.05, 0.1) is 35.9 Å². The second kappa shape index (κ2) is 11.6. The van der Waals surface area contributed by atoms with Gasteiger partial charge in [-0.2, -0.15) is 5.26 Å². The van der Waals surface area contributed by atoms with Crippen LogP contribution in [0.3, 0.4) is 0 Å². The molecule has 0 aliphatic carbocycles. The molecule has 0 unspecified atom stereocenters. The number of benzene rings is 1. The van der Waals surface area contributed by atoms with E-state index < -0.39 is 25.4 Å². The number of pyridine rings is 1. The van der Waals surface area contributed by atoms with E-state index in [1.54, 1.807) is 48.8 Å². The van der Waals surface area contributed by atoms with Crippen LogP contribution >= 0.6 is 0 Å². The van der Waals surface area contributed by atoms with E-state index in [4.69, 9.17) is 18.9 Å². The van der Waals surface area contributed by atoms with E-state index in [9.17, 15) is 10.1 Å². The van der Waals surface area contributed by atoms with Gasteiger partial charge in [-0.25, -0.2) is 14.8 Å². The maximum Gasteiger partial charge on any atom is 0.414 e. The molecule has 3 aromatic rings. The van der Waals surface area contributed by atoms with Crippen LogP contribution in [0.15, 0.2) is 42.9 Å². The van der Waals surface area contributed by atoms with Crippen molar-refractivity contribution in [2.24, 2.45) is 0 Å². The molecule has 0 fully saturated rings. The van der Waals surface area contributed by atoms with E-state index >= 15 is 0 Å². The van der Waals surface area contributed by atoms with Crippen LogP contribution in [0.5, 0.6) is 5.75 Å². The quantitative estimate of drug-likeness (QED) is 0.280. The van der Waals surface area contributed by atoms with E-state index in [0.717, 1.165) is 11.1 Å². The Hall–Kier alpha value is -4.01. The number of methoxy groups -OCH3 is 1. The summed E-state index contributed by atoms with van der Waals surface area (Å²) < 4.78 is 17.9. The van der Waals surface area contributed by atoms with Gasteiger partial charge in [0.25, 0.3) is 0 Å². The molecule has 1 aliphatic heterocycles. The van der Waals surface area contributed by atoms with Crippen LogP contribution in [-0.2, 0) is 14.6 Å². The first-order valence-electron chi connectivity index (χ1n) is 14.3. The molecule has 0 saturated carbocycles. The molecule has 4 rings (SSSR count). The average molecular weight is 603 g/mol. The molecule has 1 amide bonds. The van der Waals surface area contributed by atoms with Crippen molar-refractivity contribution in [3.05, 3.63) is 54.0 Å².